The summed E-state index contributed by atoms with van der Waals surface area (Å²) in [5.41, 5.74) is 0.106. The van der Waals surface area contributed by atoms with E-state index in [0.29, 0.717) is 25.7 Å². The molecule has 0 unspecified atom stereocenters. The first kappa shape index (κ1) is 14.4. The van der Waals surface area contributed by atoms with Gasteiger partial charge in [-0.1, -0.05) is 30.3 Å². The molecule has 2 aliphatic carbocycles. The van der Waals surface area contributed by atoms with Crippen LogP contribution in [0.3, 0.4) is 0 Å². The fourth-order valence-corrected chi connectivity index (χ4v) is 4.49. The van der Waals surface area contributed by atoms with Crippen LogP contribution in [-0.4, -0.2) is 29.4 Å². The van der Waals surface area contributed by atoms with Crippen molar-refractivity contribution in [3.05, 3.63) is 35.9 Å². The van der Waals surface area contributed by atoms with Gasteiger partial charge in [-0.15, -0.1) is 0 Å². The Bertz CT molecular complexity index is 696. The van der Waals surface area contributed by atoms with Crippen molar-refractivity contribution in [3.63, 3.8) is 0 Å². The lowest BCUT2D eigenvalue weighted by molar-refractivity contribution is -0.162. The highest BCUT2D eigenvalue weighted by Crippen LogP contribution is 2.51. The maximum atomic E-state index is 12.3. The number of benzene rings is 1. The normalized spacial score (nSPS) is 38.6. The molecule has 3 aliphatic rings. The van der Waals surface area contributed by atoms with Crippen LogP contribution in [0.2, 0.25) is 0 Å². The van der Waals surface area contributed by atoms with E-state index in [0.717, 1.165) is 5.56 Å². The van der Waals surface area contributed by atoms with Crippen LogP contribution in [-0.2, 0) is 20.7 Å². The van der Waals surface area contributed by atoms with Crippen LogP contribution in [0.4, 0.5) is 0 Å². The molecule has 0 radical (unpaired) electrons. The molecule has 1 aromatic carbocycles. The number of rotatable bonds is 2. The Morgan fingerprint density at radius 1 is 1.26 bits per heavy atom. The van der Waals surface area contributed by atoms with Crippen LogP contribution in [0.5, 0.6) is 0 Å². The summed E-state index contributed by atoms with van der Waals surface area (Å²) in [5.74, 6) is 0.0294. The molecular weight excluding hydrogens is 292 g/mol. The Balaban J connectivity index is 1.62. The lowest BCUT2D eigenvalue weighted by Crippen LogP contribution is -2.66. The van der Waals surface area contributed by atoms with Crippen LogP contribution in [0, 0.1) is 23.2 Å². The molecule has 0 bridgehead atoms. The van der Waals surface area contributed by atoms with Crippen LogP contribution < -0.4 is 5.32 Å². The summed E-state index contributed by atoms with van der Waals surface area (Å²) in [7, 11) is 0. The summed E-state index contributed by atoms with van der Waals surface area (Å²) in [4.78, 5) is 24.1. The van der Waals surface area contributed by atoms with E-state index in [9.17, 15) is 14.9 Å². The quantitative estimate of drug-likeness (QED) is 0.835. The second-order valence-electron chi connectivity index (χ2n) is 6.84. The third-order valence-electron chi connectivity index (χ3n) is 5.54. The summed E-state index contributed by atoms with van der Waals surface area (Å²) in [6.45, 7) is 0. The smallest absolute Gasteiger partial charge is 0.323 e. The number of esters is 1. The van der Waals surface area contributed by atoms with Gasteiger partial charge in [-0.25, -0.2) is 0 Å². The number of Topliss-reactive ketones (excluding diaryl/α,β-unsaturated/α-hetero) is 1. The SMILES string of the molecule is N#C[C@]12N[C@@H](Cc3ccccc3)C(=O)O[C@H]1C[C@H]1CC(=O)C[C@H]12. The Labute approximate surface area is 134 Å². The number of ether oxygens (including phenoxy) is 1. The molecule has 1 aromatic rings. The molecule has 1 saturated heterocycles. The van der Waals surface area contributed by atoms with E-state index < -0.39 is 17.7 Å². The highest BCUT2D eigenvalue weighted by molar-refractivity contribution is 5.83. The molecule has 23 heavy (non-hydrogen) atoms. The lowest BCUT2D eigenvalue weighted by atomic mass is 9.82. The van der Waals surface area contributed by atoms with Gasteiger partial charge in [-0.3, -0.25) is 14.9 Å². The molecule has 5 atom stereocenters. The first-order valence-electron chi connectivity index (χ1n) is 8.07. The zero-order valence-electron chi connectivity index (χ0n) is 12.7. The van der Waals surface area contributed by atoms with Gasteiger partial charge in [0, 0.05) is 18.8 Å². The van der Waals surface area contributed by atoms with Crippen molar-refractivity contribution in [2.45, 2.75) is 43.4 Å². The molecular formula is C18H18N2O3. The Kier molecular flexibility index (Phi) is 3.24. The van der Waals surface area contributed by atoms with E-state index >= 15 is 0 Å². The zero-order valence-corrected chi connectivity index (χ0v) is 12.7. The van der Waals surface area contributed by atoms with E-state index in [1.165, 1.54) is 0 Å². The topological polar surface area (TPSA) is 79.2 Å². The van der Waals surface area contributed by atoms with E-state index in [1.807, 2.05) is 30.3 Å². The molecule has 1 aliphatic heterocycles. The summed E-state index contributed by atoms with van der Waals surface area (Å²) in [6.07, 6.45) is 1.59. The third-order valence-corrected chi connectivity index (χ3v) is 5.54. The second kappa shape index (κ2) is 5.17. The first-order valence-corrected chi connectivity index (χ1v) is 8.07. The Morgan fingerprint density at radius 3 is 2.78 bits per heavy atom. The largest absolute Gasteiger partial charge is 0.458 e. The number of hydrogen-bond acceptors (Lipinski definition) is 5. The Hall–Kier alpha value is -2.19. The fourth-order valence-electron chi connectivity index (χ4n) is 4.49. The minimum absolute atomic E-state index is 0.0450. The van der Waals surface area contributed by atoms with Gasteiger partial charge in [0.05, 0.1) is 6.07 Å². The molecule has 3 fully saturated rings. The van der Waals surface area contributed by atoms with E-state index in [4.69, 9.17) is 4.74 Å². The van der Waals surface area contributed by atoms with Gasteiger partial charge in [0.2, 0.25) is 0 Å². The van der Waals surface area contributed by atoms with Gasteiger partial charge in [0.15, 0.2) is 0 Å². The van der Waals surface area contributed by atoms with Crippen LogP contribution in [0.15, 0.2) is 30.3 Å². The minimum atomic E-state index is -0.913. The maximum Gasteiger partial charge on any atom is 0.323 e. The van der Waals surface area contributed by atoms with Crippen molar-refractivity contribution in [1.29, 1.82) is 5.26 Å². The van der Waals surface area contributed by atoms with Gasteiger partial charge in [-0.2, -0.15) is 5.26 Å². The monoisotopic (exact) mass is 310 g/mol. The molecule has 1 heterocycles. The number of hydrogen-bond donors (Lipinski definition) is 1. The maximum absolute atomic E-state index is 12.3. The lowest BCUT2D eigenvalue weighted by Gasteiger charge is -2.41. The van der Waals surface area contributed by atoms with Crippen molar-refractivity contribution in [2.24, 2.45) is 11.8 Å². The van der Waals surface area contributed by atoms with E-state index in [2.05, 4.69) is 11.4 Å². The molecule has 5 heteroatoms. The van der Waals surface area contributed by atoms with Crippen molar-refractivity contribution >= 4 is 11.8 Å². The number of carbonyl (C=O) groups is 2. The number of nitrogens with zero attached hydrogens (tertiary/aromatic N) is 1. The average molecular weight is 310 g/mol. The molecule has 0 spiro atoms. The average Bonchev–Trinajstić information content (AvgIpc) is 3.04. The van der Waals surface area contributed by atoms with Crippen molar-refractivity contribution in [3.8, 4) is 6.07 Å². The molecule has 0 aromatic heterocycles. The molecule has 1 N–H and O–H groups in total. The predicted octanol–water partition coefficient (Wildman–Crippen LogP) is 1.37. The second-order valence-corrected chi connectivity index (χ2v) is 6.84. The van der Waals surface area contributed by atoms with E-state index in [1.54, 1.807) is 0 Å². The third kappa shape index (κ3) is 2.17. The summed E-state index contributed by atoms with van der Waals surface area (Å²) >= 11 is 0. The van der Waals surface area contributed by atoms with Crippen LogP contribution in [0.1, 0.15) is 24.8 Å². The summed E-state index contributed by atoms with van der Waals surface area (Å²) < 4.78 is 5.63. The number of carbonyl (C=O) groups excluding carboxylic acids is 2. The van der Waals surface area contributed by atoms with Crippen molar-refractivity contribution in [2.75, 3.05) is 0 Å². The molecule has 5 nitrogen and oxygen atoms in total. The number of nitriles is 1. The van der Waals surface area contributed by atoms with Gasteiger partial charge in [0.1, 0.15) is 23.5 Å². The van der Waals surface area contributed by atoms with Crippen molar-refractivity contribution in [1.82, 2.24) is 5.32 Å². The van der Waals surface area contributed by atoms with Crippen molar-refractivity contribution < 1.29 is 14.3 Å². The van der Waals surface area contributed by atoms with Gasteiger partial charge >= 0.3 is 5.97 Å². The molecule has 118 valence electrons. The predicted molar refractivity (Wildman–Crippen MR) is 81.1 cm³/mol. The van der Waals surface area contributed by atoms with Crippen LogP contribution in [0.25, 0.3) is 0 Å². The van der Waals surface area contributed by atoms with E-state index in [-0.39, 0.29) is 23.6 Å². The highest BCUT2D eigenvalue weighted by Gasteiger charge is 2.63. The first-order chi connectivity index (χ1) is 11.1. The Morgan fingerprint density at radius 2 is 2.04 bits per heavy atom. The van der Waals surface area contributed by atoms with Gasteiger partial charge in [0.25, 0.3) is 0 Å². The standard InChI is InChI=1S/C18H18N2O3/c19-10-18-14-9-13(21)7-12(14)8-16(18)23-17(22)15(20-18)6-11-4-2-1-3-5-11/h1-5,12,14-16,20H,6-9H2/t12-,14-,15+,16+,18-/m1/s1. The van der Waals surface area contributed by atoms with Gasteiger partial charge in [-0.05, 0) is 24.3 Å². The van der Waals surface area contributed by atoms with Crippen LogP contribution >= 0.6 is 0 Å². The highest BCUT2D eigenvalue weighted by atomic mass is 16.6. The number of morpholine rings is 1. The number of fused-ring (bicyclic) bond motifs is 3. The molecule has 0 amide bonds. The van der Waals surface area contributed by atoms with Gasteiger partial charge < -0.3 is 4.74 Å². The zero-order chi connectivity index (χ0) is 16.0. The minimum Gasteiger partial charge on any atom is -0.458 e. The molecule has 2 saturated carbocycles. The molecule has 4 rings (SSSR count). The number of ketones is 1. The number of nitrogens with one attached hydrogen (secondary N) is 1. The summed E-state index contributed by atoms with van der Waals surface area (Å²) in [6, 6.07) is 11.5. The summed E-state index contributed by atoms with van der Waals surface area (Å²) in [5, 5.41) is 13.1. The fraction of sp³-hybridized carbons (Fsp3) is 0.500.